The number of hydrogen-bond donors (Lipinski definition) is 1. The normalized spacial score (nSPS) is 18.6. The minimum atomic E-state index is -0.264. The van der Waals surface area contributed by atoms with E-state index in [0.717, 1.165) is 18.5 Å². The predicted molar refractivity (Wildman–Crippen MR) is 106 cm³/mol. The molecule has 0 bridgehead atoms. The number of carbonyl (C=O) groups excluding carboxylic acids is 1. The molecule has 1 aromatic carbocycles. The van der Waals surface area contributed by atoms with E-state index in [-0.39, 0.29) is 11.4 Å². The molecule has 1 aliphatic heterocycles. The van der Waals surface area contributed by atoms with Gasteiger partial charge in [-0.25, -0.2) is 5.43 Å². The zero-order valence-corrected chi connectivity index (χ0v) is 15.9. The van der Waals surface area contributed by atoms with Gasteiger partial charge in [0.05, 0.1) is 11.8 Å². The molecule has 5 heteroatoms. The molecule has 2 aromatic rings. The van der Waals surface area contributed by atoms with Crippen LogP contribution in [-0.2, 0) is 0 Å². The maximum absolute atomic E-state index is 12.0. The summed E-state index contributed by atoms with van der Waals surface area (Å²) in [4.78, 5) is 18.4. The number of hydrogen-bond acceptors (Lipinski definition) is 4. The second-order valence-electron chi connectivity index (χ2n) is 7.42. The van der Waals surface area contributed by atoms with E-state index in [0.29, 0.717) is 11.5 Å². The molecule has 1 aromatic heterocycles. The summed E-state index contributed by atoms with van der Waals surface area (Å²) in [6.45, 7) is 10.1. The van der Waals surface area contributed by atoms with Crippen LogP contribution < -0.4 is 10.3 Å². The van der Waals surface area contributed by atoms with Crippen molar-refractivity contribution in [3.05, 3.63) is 59.4 Å². The first-order chi connectivity index (χ1) is 12.4. The molecular formula is C21H26N4O. The molecule has 0 radical (unpaired) electrons. The number of fused-ring (bicyclic) bond motifs is 1. The number of nitrogens with zero attached hydrogens (tertiary/aromatic N) is 3. The van der Waals surface area contributed by atoms with E-state index in [1.165, 1.54) is 17.4 Å². The molecule has 136 valence electrons. The van der Waals surface area contributed by atoms with Gasteiger partial charge in [0, 0.05) is 30.2 Å². The Labute approximate surface area is 155 Å². The first-order valence-corrected chi connectivity index (χ1v) is 9.07. The van der Waals surface area contributed by atoms with Gasteiger partial charge in [-0.2, -0.15) is 5.10 Å². The standard InChI is InChI=1S/C21H26N4O/c1-5-25-19-9-8-16(11-18(19)15(2)12-21(25,3)4)13-23-24-20(26)17-7-6-10-22-14-17/h6-11,13-15H,5,12H2,1-4H3,(H,24,26)/b23-13+. The smallest absolute Gasteiger partial charge is 0.272 e. The van der Waals surface area contributed by atoms with Crippen molar-refractivity contribution in [1.82, 2.24) is 10.4 Å². The highest BCUT2D eigenvalue weighted by atomic mass is 16.2. The predicted octanol–water partition coefficient (Wildman–Crippen LogP) is 3.96. The van der Waals surface area contributed by atoms with Crippen molar-refractivity contribution < 1.29 is 4.79 Å². The molecule has 1 N–H and O–H groups in total. The van der Waals surface area contributed by atoms with Crippen LogP contribution >= 0.6 is 0 Å². The van der Waals surface area contributed by atoms with Crippen LogP contribution in [0.5, 0.6) is 0 Å². The molecule has 0 spiro atoms. The van der Waals surface area contributed by atoms with Crippen LogP contribution in [0.4, 0.5) is 5.69 Å². The van der Waals surface area contributed by atoms with E-state index in [4.69, 9.17) is 0 Å². The number of anilines is 1. The van der Waals surface area contributed by atoms with Crippen molar-refractivity contribution in [3.63, 3.8) is 0 Å². The number of carbonyl (C=O) groups is 1. The van der Waals surface area contributed by atoms with Crippen molar-refractivity contribution in [2.24, 2.45) is 5.10 Å². The van der Waals surface area contributed by atoms with Crippen molar-refractivity contribution in [1.29, 1.82) is 0 Å². The van der Waals surface area contributed by atoms with E-state index in [1.807, 2.05) is 0 Å². The molecule has 3 rings (SSSR count). The first-order valence-electron chi connectivity index (χ1n) is 9.07. The highest BCUT2D eigenvalue weighted by Crippen LogP contribution is 2.43. The maximum Gasteiger partial charge on any atom is 0.272 e. The summed E-state index contributed by atoms with van der Waals surface area (Å²) in [5, 5.41) is 4.09. The van der Waals surface area contributed by atoms with Gasteiger partial charge in [-0.1, -0.05) is 13.0 Å². The fourth-order valence-corrected chi connectivity index (χ4v) is 3.91. The summed E-state index contributed by atoms with van der Waals surface area (Å²) < 4.78 is 0. The van der Waals surface area contributed by atoms with Gasteiger partial charge in [0.1, 0.15) is 0 Å². The van der Waals surface area contributed by atoms with E-state index in [2.05, 4.69) is 66.3 Å². The molecule has 26 heavy (non-hydrogen) atoms. The molecule has 1 unspecified atom stereocenters. The first kappa shape index (κ1) is 18.1. The van der Waals surface area contributed by atoms with Gasteiger partial charge in [-0.15, -0.1) is 0 Å². The lowest BCUT2D eigenvalue weighted by atomic mass is 9.79. The summed E-state index contributed by atoms with van der Waals surface area (Å²) in [5.74, 6) is 0.223. The zero-order chi connectivity index (χ0) is 18.7. The Morgan fingerprint density at radius 2 is 2.23 bits per heavy atom. The lowest BCUT2D eigenvalue weighted by molar-refractivity contribution is 0.0955. The summed E-state index contributed by atoms with van der Waals surface area (Å²) in [6, 6.07) is 9.83. The van der Waals surface area contributed by atoms with Crippen molar-refractivity contribution in [2.75, 3.05) is 11.4 Å². The Hall–Kier alpha value is -2.69. The summed E-state index contributed by atoms with van der Waals surface area (Å²) in [7, 11) is 0. The lowest BCUT2D eigenvalue weighted by Crippen LogP contribution is -2.48. The average Bonchev–Trinajstić information content (AvgIpc) is 2.62. The van der Waals surface area contributed by atoms with Gasteiger partial charge in [-0.3, -0.25) is 9.78 Å². The molecule has 1 atom stereocenters. The molecule has 1 amide bonds. The van der Waals surface area contributed by atoms with Crippen LogP contribution in [0.2, 0.25) is 0 Å². The quantitative estimate of drug-likeness (QED) is 0.671. The minimum Gasteiger partial charge on any atom is -0.366 e. The third kappa shape index (κ3) is 3.62. The third-order valence-corrected chi connectivity index (χ3v) is 5.03. The highest BCUT2D eigenvalue weighted by molar-refractivity contribution is 5.94. The molecule has 1 aliphatic rings. The van der Waals surface area contributed by atoms with Gasteiger partial charge < -0.3 is 4.90 Å². The van der Waals surface area contributed by atoms with Crippen molar-refractivity contribution in [3.8, 4) is 0 Å². The number of nitrogens with one attached hydrogen (secondary N) is 1. The summed E-state index contributed by atoms with van der Waals surface area (Å²) in [6.07, 6.45) is 5.96. The Morgan fingerprint density at radius 3 is 2.92 bits per heavy atom. The van der Waals surface area contributed by atoms with Crippen LogP contribution in [-0.4, -0.2) is 29.2 Å². The fraction of sp³-hybridized carbons (Fsp3) is 0.381. The summed E-state index contributed by atoms with van der Waals surface area (Å²) in [5.41, 5.74) is 6.83. The van der Waals surface area contributed by atoms with E-state index >= 15 is 0 Å². The van der Waals surface area contributed by atoms with Gasteiger partial charge in [0.2, 0.25) is 0 Å². The number of aromatic nitrogens is 1. The number of rotatable bonds is 4. The molecular weight excluding hydrogens is 324 g/mol. The van der Waals surface area contributed by atoms with Crippen LogP contribution in [0.1, 0.15) is 61.5 Å². The monoisotopic (exact) mass is 350 g/mol. The minimum absolute atomic E-state index is 0.161. The number of hydrazone groups is 1. The second-order valence-corrected chi connectivity index (χ2v) is 7.42. The molecule has 2 heterocycles. The number of benzene rings is 1. The molecule has 5 nitrogen and oxygen atoms in total. The Morgan fingerprint density at radius 1 is 1.42 bits per heavy atom. The second kappa shape index (κ2) is 7.28. The van der Waals surface area contributed by atoms with Crippen molar-refractivity contribution in [2.45, 2.75) is 45.6 Å². The Kier molecular flexibility index (Phi) is 5.07. The van der Waals surface area contributed by atoms with E-state index < -0.39 is 0 Å². The Balaban J connectivity index is 1.77. The average molecular weight is 350 g/mol. The molecule has 0 aliphatic carbocycles. The molecule has 0 saturated heterocycles. The number of amides is 1. The fourth-order valence-electron chi connectivity index (χ4n) is 3.91. The van der Waals surface area contributed by atoms with Crippen LogP contribution in [0.25, 0.3) is 0 Å². The SMILES string of the molecule is CCN1c2ccc(/C=N/NC(=O)c3cccnc3)cc2C(C)CC1(C)C. The summed E-state index contributed by atoms with van der Waals surface area (Å²) >= 11 is 0. The zero-order valence-electron chi connectivity index (χ0n) is 15.9. The third-order valence-electron chi connectivity index (χ3n) is 5.03. The van der Waals surface area contributed by atoms with Crippen LogP contribution in [0.3, 0.4) is 0 Å². The highest BCUT2D eigenvalue weighted by Gasteiger charge is 2.35. The van der Waals surface area contributed by atoms with Gasteiger partial charge in [-0.05, 0) is 68.5 Å². The van der Waals surface area contributed by atoms with Crippen LogP contribution in [0.15, 0.2) is 47.8 Å². The topological polar surface area (TPSA) is 57.6 Å². The lowest BCUT2D eigenvalue weighted by Gasteiger charge is -2.47. The Bertz CT molecular complexity index is 814. The van der Waals surface area contributed by atoms with E-state index in [9.17, 15) is 4.79 Å². The maximum atomic E-state index is 12.0. The van der Waals surface area contributed by atoms with Gasteiger partial charge >= 0.3 is 0 Å². The van der Waals surface area contributed by atoms with Gasteiger partial charge in [0.25, 0.3) is 5.91 Å². The van der Waals surface area contributed by atoms with Gasteiger partial charge in [0.15, 0.2) is 0 Å². The van der Waals surface area contributed by atoms with E-state index in [1.54, 1.807) is 24.5 Å². The molecule has 0 fully saturated rings. The van der Waals surface area contributed by atoms with Crippen LogP contribution in [0, 0.1) is 0 Å². The molecule has 0 saturated carbocycles. The number of pyridine rings is 1. The van der Waals surface area contributed by atoms with Crippen molar-refractivity contribution >= 4 is 17.8 Å². The largest absolute Gasteiger partial charge is 0.366 e.